The van der Waals surface area contributed by atoms with E-state index >= 15 is 0 Å². The lowest BCUT2D eigenvalue weighted by atomic mass is 9.78. The smallest absolute Gasteiger partial charge is 0.335 e. The van der Waals surface area contributed by atoms with Crippen LogP contribution in [0.1, 0.15) is 62.0 Å². The Balaban J connectivity index is 1.27. The number of hydrogen-bond donors (Lipinski definition) is 10. The number of hydrogen-bond acceptors (Lipinski definition) is 16. The monoisotopic (exact) mass is 734 g/mol. The van der Waals surface area contributed by atoms with Gasteiger partial charge in [0.25, 0.3) is 0 Å². The number of phenols is 6. The second kappa shape index (κ2) is 13.1. The maximum atomic E-state index is 14.3. The molecular weight excluding hydrogens is 704 g/mol. The van der Waals surface area contributed by atoms with Gasteiger partial charge in [-0.1, -0.05) is 18.2 Å². The Hall–Kier alpha value is -6.27. The van der Waals surface area contributed by atoms with Gasteiger partial charge in [0.1, 0.15) is 81.9 Å². The average molecular weight is 735 g/mol. The van der Waals surface area contributed by atoms with Crippen molar-refractivity contribution in [3.8, 4) is 51.7 Å². The fraction of sp³-hybridized carbons (Fsp3) is 0.250. The number of aliphatic hydroxyl groups excluding tert-OH is 3. The molecule has 1 saturated heterocycles. The molecule has 17 nitrogen and oxygen atoms in total. The number of phenolic OH excluding ortho intramolecular Hbond substituents is 6. The molecule has 17 heteroatoms. The maximum Gasteiger partial charge on any atom is 0.335 e. The number of ether oxygens (including phenoxy) is 4. The van der Waals surface area contributed by atoms with Crippen LogP contribution in [-0.2, 0) is 9.53 Å². The zero-order chi connectivity index (χ0) is 38.0. The van der Waals surface area contributed by atoms with Crippen LogP contribution in [0.15, 0.2) is 60.7 Å². The number of carboxylic acids is 1. The van der Waals surface area contributed by atoms with Crippen LogP contribution in [-0.4, -0.2) is 99.3 Å². The zero-order valence-corrected chi connectivity index (χ0v) is 26.9. The molecule has 0 amide bonds. The van der Waals surface area contributed by atoms with Crippen LogP contribution in [0.2, 0.25) is 0 Å². The van der Waals surface area contributed by atoms with E-state index in [1.54, 1.807) is 0 Å². The van der Waals surface area contributed by atoms with E-state index in [1.807, 2.05) is 0 Å². The van der Waals surface area contributed by atoms with Gasteiger partial charge in [0.2, 0.25) is 6.29 Å². The van der Waals surface area contributed by atoms with Gasteiger partial charge >= 0.3 is 5.97 Å². The summed E-state index contributed by atoms with van der Waals surface area (Å²) in [5, 5.41) is 103. The lowest BCUT2D eigenvalue weighted by Gasteiger charge is -2.38. The molecule has 4 aromatic carbocycles. The normalized spacial score (nSPS) is 26.5. The number of aromatic hydroxyl groups is 6. The van der Waals surface area contributed by atoms with Crippen molar-refractivity contribution >= 4 is 17.5 Å². The number of rotatable bonds is 6. The number of benzene rings is 4. The molecule has 3 heterocycles. The van der Waals surface area contributed by atoms with Crippen molar-refractivity contribution in [2.75, 3.05) is 0 Å². The largest absolute Gasteiger partial charge is 0.508 e. The summed E-state index contributed by atoms with van der Waals surface area (Å²) < 4.78 is 22.9. The number of Topliss-reactive ketones (excluding diaryl/α,β-unsaturated/α-hetero) is 2. The van der Waals surface area contributed by atoms with Crippen LogP contribution in [0.25, 0.3) is 0 Å². The number of carboxylic acid groups (broad SMARTS) is 1. The molecule has 1 fully saturated rings. The summed E-state index contributed by atoms with van der Waals surface area (Å²) in [6, 6.07) is 12.0. The van der Waals surface area contributed by atoms with E-state index in [0.717, 1.165) is 30.3 Å². The van der Waals surface area contributed by atoms with Crippen molar-refractivity contribution in [3.63, 3.8) is 0 Å². The Morgan fingerprint density at radius 1 is 0.698 bits per heavy atom. The molecule has 0 aromatic heterocycles. The van der Waals surface area contributed by atoms with E-state index in [9.17, 15) is 65.4 Å². The number of aliphatic hydroxyl groups is 3. The van der Waals surface area contributed by atoms with E-state index in [4.69, 9.17) is 18.9 Å². The van der Waals surface area contributed by atoms with E-state index in [-0.39, 0.29) is 39.5 Å². The van der Waals surface area contributed by atoms with Gasteiger partial charge in [-0.05, 0) is 35.4 Å². The first-order chi connectivity index (χ1) is 25.1. The summed E-state index contributed by atoms with van der Waals surface area (Å²) in [5.41, 5.74) is -0.621. The zero-order valence-electron chi connectivity index (χ0n) is 26.9. The number of fused-ring (bicyclic) bond motifs is 2. The number of ketones is 2. The van der Waals surface area contributed by atoms with Gasteiger partial charge in [-0.15, -0.1) is 0 Å². The van der Waals surface area contributed by atoms with Gasteiger partial charge in [-0.3, -0.25) is 9.59 Å². The number of carbonyl (C=O) groups excluding carboxylic acids is 2. The highest BCUT2D eigenvalue weighted by atomic mass is 16.7. The topological polar surface area (TPSA) is 290 Å². The fourth-order valence-corrected chi connectivity index (χ4v) is 6.72. The van der Waals surface area contributed by atoms with Crippen LogP contribution in [0.5, 0.6) is 51.7 Å². The van der Waals surface area contributed by atoms with E-state index in [2.05, 4.69) is 0 Å². The highest BCUT2D eigenvalue weighted by molar-refractivity contribution is 6.09. The minimum absolute atomic E-state index is 0.118. The first-order valence-corrected chi connectivity index (χ1v) is 15.9. The van der Waals surface area contributed by atoms with Gasteiger partial charge < -0.3 is 70.0 Å². The molecule has 53 heavy (non-hydrogen) atoms. The van der Waals surface area contributed by atoms with E-state index in [0.29, 0.717) is 5.56 Å². The SMILES string of the molecule is O=C1CC(c2ccc(OC3OC(C(=O)O)C(O)C(O)C3O)c(O)c2)Oc2c1c(O)cc(O)c2C1C(=O)c2c(O)cc(O)cc2OC1c1ccc(O)cc1. The van der Waals surface area contributed by atoms with Crippen LogP contribution in [0.4, 0.5) is 0 Å². The summed E-state index contributed by atoms with van der Waals surface area (Å²) >= 11 is 0. The molecule has 7 rings (SSSR count). The predicted octanol–water partition coefficient (Wildman–Crippen LogP) is 2.00. The first-order valence-electron chi connectivity index (χ1n) is 15.9. The number of aliphatic carboxylic acids is 1. The highest BCUT2D eigenvalue weighted by Gasteiger charge is 2.49. The van der Waals surface area contributed by atoms with Crippen molar-refractivity contribution < 1.29 is 84.4 Å². The molecule has 0 saturated carbocycles. The molecule has 8 unspecified atom stereocenters. The van der Waals surface area contributed by atoms with Gasteiger partial charge in [-0.2, -0.15) is 0 Å². The molecule has 8 atom stereocenters. The second-order valence-electron chi connectivity index (χ2n) is 12.7. The van der Waals surface area contributed by atoms with Gasteiger partial charge in [-0.25, -0.2) is 4.79 Å². The molecule has 4 aromatic rings. The Kier molecular flexibility index (Phi) is 8.65. The lowest BCUT2D eigenvalue weighted by molar-refractivity contribution is -0.271. The third-order valence-electron chi connectivity index (χ3n) is 9.28. The van der Waals surface area contributed by atoms with E-state index in [1.165, 1.54) is 30.3 Å². The lowest BCUT2D eigenvalue weighted by Crippen LogP contribution is -2.61. The van der Waals surface area contributed by atoms with Gasteiger partial charge in [0, 0.05) is 18.2 Å². The summed E-state index contributed by atoms with van der Waals surface area (Å²) in [4.78, 5) is 39.4. The van der Waals surface area contributed by atoms with Crippen molar-refractivity contribution in [2.24, 2.45) is 0 Å². The predicted molar refractivity (Wildman–Crippen MR) is 173 cm³/mol. The Morgan fingerprint density at radius 3 is 2.06 bits per heavy atom. The molecule has 276 valence electrons. The van der Waals surface area contributed by atoms with Gasteiger partial charge in [0.15, 0.2) is 29.2 Å². The minimum atomic E-state index is -1.98. The Labute approximate surface area is 297 Å². The number of carbonyl (C=O) groups is 3. The van der Waals surface area contributed by atoms with Crippen molar-refractivity contribution in [1.82, 2.24) is 0 Å². The molecule has 0 radical (unpaired) electrons. The quantitative estimate of drug-likeness (QED) is 0.135. The molecule has 0 aliphatic carbocycles. The fourth-order valence-electron chi connectivity index (χ4n) is 6.72. The van der Waals surface area contributed by atoms with E-state index < -0.39 is 107 Å². The third kappa shape index (κ3) is 6.00. The first kappa shape index (κ1) is 35.1. The molecule has 0 spiro atoms. The molecular formula is C36H30O17. The second-order valence-corrected chi connectivity index (χ2v) is 12.7. The van der Waals surface area contributed by atoms with Crippen molar-refractivity contribution in [1.29, 1.82) is 0 Å². The standard InChI is InChI=1S/C36H30O17/c37-14-4-1-12(2-5-14)32-27(28(44)25-17(40)8-15(38)9-23(25)51-32)26-19(42)10-18(41)24-20(43)11-22(50-33(24)26)13-3-6-21(16(39)7-13)52-36-31(47)29(45)30(46)34(53-36)35(48)49/h1-10,22,27,29-32,34,36-42,45-47H,11H2,(H,48,49). The molecule has 10 N–H and O–H groups in total. The summed E-state index contributed by atoms with van der Waals surface area (Å²) in [7, 11) is 0. The van der Waals surface area contributed by atoms with Gasteiger partial charge in [0.05, 0.1) is 17.9 Å². The molecule has 3 aliphatic heterocycles. The maximum absolute atomic E-state index is 14.3. The third-order valence-corrected chi connectivity index (χ3v) is 9.28. The Bertz CT molecular complexity index is 2150. The average Bonchev–Trinajstić information content (AvgIpc) is 3.09. The van der Waals surface area contributed by atoms with Crippen LogP contribution < -0.4 is 14.2 Å². The van der Waals surface area contributed by atoms with Crippen LogP contribution in [0, 0.1) is 0 Å². The molecule has 0 bridgehead atoms. The van der Waals surface area contributed by atoms with Crippen LogP contribution >= 0.6 is 0 Å². The summed E-state index contributed by atoms with van der Waals surface area (Å²) in [6.07, 6.45) is -12.7. The van der Waals surface area contributed by atoms with Crippen molar-refractivity contribution in [3.05, 3.63) is 88.5 Å². The van der Waals surface area contributed by atoms with Crippen molar-refractivity contribution in [2.45, 2.75) is 55.3 Å². The Morgan fingerprint density at radius 2 is 1.38 bits per heavy atom. The summed E-state index contributed by atoms with van der Waals surface area (Å²) in [6.45, 7) is 0. The van der Waals surface area contributed by atoms with Crippen LogP contribution in [0.3, 0.4) is 0 Å². The minimum Gasteiger partial charge on any atom is -0.508 e. The summed E-state index contributed by atoms with van der Waals surface area (Å²) in [5.74, 6) is -8.86. The molecule has 3 aliphatic rings. The highest BCUT2D eigenvalue weighted by Crippen LogP contribution is 2.55.